The Labute approximate surface area is 291 Å². The van der Waals surface area contributed by atoms with Gasteiger partial charge in [-0.1, -0.05) is 206 Å². The van der Waals surface area contributed by atoms with Gasteiger partial charge in [-0.2, -0.15) is 0 Å². The fourth-order valence-electron chi connectivity index (χ4n) is 6.46. The SMILES string of the molecule is CCCCCCCCCCCCCCCCCCC[C@@H](O)[C@H](COP(=O)(O)O)NC(=O)CCCCCCCCCCCCCCCC. The lowest BCUT2D eigenvalue weighted by atomic mass is 10.0. The van der Waals surface area contributed by atoms with Crippen LogP contribution in [0.4, 0.5) is 0 Å². The van der Waals surface area contributed by atoms with Gasteiger partial charge in [-0.3, -0.25) is 9.32 Å². The highest BCUT2D eigenvalue weighted by Gasteiger charge is 2.25. The van der Waals surface area contributed by atoms with E-state index in [-0.39, 0.29) is 5.91 Å². The second-order valence-electron chi connectivity index (χ2n) is 14.3. The van der Waals surface area contributed by atoms with Crippen LogP contribution in [0.3, 0.4) is 0 Å². The molecular formula is C39H80NO6P. The number of phosphoric acid groups is 1. The Kier molecular flexibility index (Phi) is 35.0. The number of phosphoric ester groups is 1. The maximum Gasteiger partial charge on any atom is 0.469 e. The fourth-order valence-corrected chi connectivity index (χ4v) is 6.82. The molecule has 0 saturated heterocycles. The van der Waals surface area contributed by atoms with Gasteiger partial charge in [0.05, 0.1) is 18.8 Å². The molecule has 7 nitrogen and oxygen atoms in total. The van der Waals surface area contributed by atoms with Crippen LogP contribution in [0.2, 0.25) is 0 Å². The second kappa shape index (κ2) is 35.4. The van der Waals surface area contributed by atoms with E-state index in [0.29, 0.717) is 12.8 Å². The predicted octanol–water partition coefficient (Wildman–Crippen LogP) is 11.9. The Morgan fingerprint density at radius 3 is 1.15 bits per heavy atom. The van der Waals surface area contributed by atoms with E-state index >= 15 is 0 Å². The van der Waals surface area contributed by atoms with Gasteiger partial charge in [0, 0.05) is 6.42 Å². The molecule has 0 heterocycles. The van der Waals surface area contributed by atoms with E-state index in [9.17, 15) is 14.5 Å². The molecule has 0 aromatic heterocycles. The Morgan fingerprint density at radius 1 is 0.532 bits per heavy atom. The number of carbonyl (C=O) groups excluding carboxylic acids is 1. The Morgan fingerprint density at radius 2 is 0.830 bits per heavy atom. The average Bonchev–Trinajstić information content (AvgIpc) is 3.04. The van der Waals surface area contributed by atoms with Crippen LogP contribution in [0.15, 0.2) is 0 Å². The number of nitrogens with one attached hydrogen (secondary N) is 1. The van der Waals surface area contributed by atoms with E-state index in [2.05, 4.69) is 23.7 Å². The minimum Gasteiger partial charge on any atom is -0.391 e. The zero-order chi connectivity index (χ0) is 34.7. The molecule has 0 radical (unpaired) electrons. The molecule has 0 aromatic rings. The summed E-state index contributed by atoms with van der Waals surface area (Å²) in [6.07, 6.45) is 39.4. The number of aliphatic hydroxyl groups is 1. The number of hydrogen-bond acceptors (Lipinski definition) is 4. The number of carbonyl (C=O) groups is 1. The number of amides is 1. The molecule has 0 aliphatic carbocycles. The maximum atomic E-state index is 12.6. The number of hydrogen-bond donors (Lipinski definition) is 4. The first-order valence-corrected chi connectivity index (χ1v) is 22.0. The van der Waals surface area contributed by atoms with Gasteiger partial charge in [0.15, 0.2) is 0 Å². The molecule has 0 aliphatic rings. The van der Waals surface area contributed by atoms with Gasteiger partial charge in [0.25, 0.3) is 0 Å². The van der Waals surface area contributed by atoms with Crippen LogP contribution in [0.1, 0.15) is 226 Å². The first-order valence-electron chi connectivity index (χ1n) is 20.5. The summed E-state index contributed by atoms with van der Waals surface area (Å²) >= 11 is 0. The van der Waals surface area contributed by atoms with E-state index in [4.69, 9.17) is 9.79 Å². The second-order valence-corrected chi connectivity index (χ2v) is 15.6. The highest BCUT2D eigenvalue weighted by atomic mass is 31.2. The van der Waals surface area contributed by atoms with Crippen molar-refractivity contribution in [2.24, 2.45) is 0 Å². The fraction of sp³-hybridized carbons (Fsp3) is 0.974. The Hall–Kier alpha value is -0.460. The molecule has 0 saturated carbocycles. The van der Waals surface area contributed by atoms with Gasteiger partial charge >= 0.3 is 7.82 Å². The van der Waals surface area contributed by atoms with Crippen molar-refractivity contribution in [3.63, 3.8) is 0 Å². The van der Waals surface area contributed by atoms with Gasteiger partial charge in [-0.25, -0.2) is 4.57 Å². The lowest BCUT2D eigenvalue weighted by Crippen LogP contribution is -2.46. The number of rotatable bonds is 38. The van der Waals surface area contributed by atoms with Crippen LogP contribution < -0.4 is 5.32 Å². The summed E-state index contributed by atoms with van der Waals surface area (Å²) < 4.78 is 15.9. The first kappa shape index (κ1) is 46.5. The van der Waals surface area contributed by atoms with E-state index < -0.39 is 26.6 Å². The van der Waals surface area contributed by atoms with Gasteiger partial charge in [0.1, 0.15) is 0 Å². The van der Waals surface area contributed by atoms with Crippen molar-refractivity contribution in [3.8, 4) is 0 Å². The van der Waals surface area contributed by atoms with E-state index in [1.54, 1.807) is 0 Å². The molecular weight excluding hydrogens is 609 g/mol. The Balaban J connectivity index is 3.89. The van der Waals surface area contributed by atoms with Crippen molar-refractivity contribution in [2.45, 2.75) is 238 Å². The molecule has 0 aliphatic heterocycles. The molecule has 0 spiro atoms. The molecule has 0 rings (SSSR count). The van der Waals surface area contributed by atoms with Crippen LogP contribution in [-0.2, 0) is 13.9 Å². The van der Waals surface area contributed by atoms with Gasteiger partial charge < -0.3 is 20.2 Å². The summed E-state index contributed by atoms with van der Waals surface area (Å²) in [6, 6.07) is -0.817. The summed E-state index contributed by atoms with van der Waals surface area (Å²) in [5.41, 5.74) is 0. The van der Waals surface area contributed by atoms with E-state index in [0.717, 1.165) is 38.5 Å². The van der Waals surface area contributed by atoms with Crippen molar-refractivity contribution >= 4 is 13.7 Å². The highest BCUT2D eigenvalue weighted by molar-refractivity contribution is 7.46. The van der Waals surface area contributed by atoms with Gasteiger partial charge in [-0.15, -0.1) is 0 Å². The minimum absolute atomic E-state index is 0.190. The monoisotopic (exact) mass is 690 g/mol. The average molecular weight is 690 g/mol. The van der Waals surface area contributed by atoms with Crippen LogP contribution in [0.5, 0.6) is 0 Å². The molecule has 0 fully saturated rings. The maximum absolute atomic E-state index is 12.6. The lowest BCUT2D eigenvalue weighted by Gasteiger charge is -2.24. The van der Waals surface area contributed by atoms with E-state index in [1.165, 1.54) is 161 Å². The van der Waals surface area contributed by atoms with Crippen LogP contribution in [0, 0.1) is 0 Å². The molecule has 0 unspecified atom stereocenters. The normalized spacial score (nSPS) is 13.2. The smallest absolute Gasteiger partial charge is 0.391 e. The molecule has 4 N–H and O–H groups in total. The van der Waals surface area contributed by atoms with Crippen LogP contribution in [-0.4, -0.2) is 39.6 Å². The number of aliphatic hydroxyl groups excluding tert-OH is 1. The lowest BCUT2D eigenvalue weighted by molar-refractivity contribution is -0.123. The zero-order valence-electron chi connectivity index (χ0n) is 31.2. The van der Waals surface area contributed by atoms with Crippen molar-refractivity contribution in [3.05, 3.63) is 0 Å². The minimum atomic E-state index is -4.68. The third-order valence-corrected chi connectivity index (χ3v) is 10.1. The third-order valence-electron chi connectivity index (χ3n) is 9.59. The summed E-state index contributed by atoms with van der Waals surface area (Å²) in [5.74, 6) is -0.190. The van der Waals surface area contributed by atoms with Crippen molar-refractivity contribution in [1.82, 2.24) is 5.32 Å². The standard InChI is InChI=1S/C39H80NO6P/c1-3-5-7-9-11-13-15-17-19-20-21-22-24-26-28-30-32-34-38(41)37(36-46-47(43,44)45)40-39(42)35-33-31-29-27-25-23-18-16-14-12-10-8-6-4-2/h37-38,41H,3-36H2,1-2H3,(H,40,42)(H2,43,44,45)/t37-,38+/m0/s1. The largest absolute Gasteiger partial charge is 0.469 e. The van der Waals surface area contributed by atoms with Crippen molar-refractivity contribution in [1.29, 1.82) is 0 Å². The third kappa shape index (κ3) is 36.6. The quantitative estimate of drug-likeness (QED) is 0.0379. The Bertz CT molecular complexity index is 703. The summed E-state index contributed by atoms with van der Waals surface area (Å²) in [7, 11) is -4.68. The van der Waals surface area contributed by atoms with Crippen LogP contribution >= 0.6 is 7.82 Å². The van der Waals surface area contributed by atoms with Crippen molar-refractivity contribution in [2.75, 3.05) is 6.61 Å². The van der Waals surface area contributed by atoms with Gasteiger partial charge in [0.2, 0.25) is 5.91 Å². The highest BCUT2D eigenvalue weighted by Crippen LogP contribution is 2.36. The van der Waals surface area contributed by atoms with Crippen LogP contribution in [0.25, 0.3) is 0 Å². The molecule has 282 valence electrons. The summed E-state index contributed by atoms with van der Waals surface area (Å²) in [4.78, 5) is 30.9. The molecule has 1 amide bonds. The molecule has 0 bridgehead atoms. The molecule has 47 heavy (non-hydrogen) atoms. The first-order chi connectivity index (χ1) is 22.8. The molecule has 8 heteroatoms. The summed E-state index contributed by atoms with van der Waals surface area (Å²) in [5, 5.41) is 13.5. The number of unbranched alkanes of at least 4 members (excludes halogenated alkanes) is 29. The molecule has 0 aromatic carbocycles. The van der Waals surface area contributed by atoms with Gasteiger partial charge in [-0.05, 0) is 12.8 Å². The van der Waals surface area contributed by atoms with E-state index in [1.807, 2.05) is 0 Å². The van der Waals surface area contributed by atoms with Crippen molar-refractivity contribution < 1.29 is 28.8 Å². The summed E-state index contributed by atoms with van der Waals surface area (Å²) in [6.45, 7) is 4.13. The predicted molar refractivity (Wildman–Crippen MR) is 200 cm³/mol. The zero-order valence-corrected chi connectivity index (χ0v) is 32.1. The topological polar surface area (TPSA) is 116 Å². The molecule has 2 atom stereocenters.